The second-order valence-electron chi connectivity index (χ2n) is 4.30. The summed E-state index contributed by atoms with van der Waals surface area (Å²) in [6.45, 7) is 6.51. The number of nitrogens with one attached hydrogen (secondary N) is 1. The first-order valence-electron chi connectivity index (χ1n) is 4.52. The van der Waals surface area contributed by atoms with Gasteiger partial charge in [-0.2, -0.15) is 0 Å². The van der Waals surface area contributed by atoms with Crippen LogP contribution in [0.2, 0.25) is 6.55 Å². The van der Waals surface area contributed by atoms with Gasteiger partial charge in [0.25, 0.3) is 7.55 Å². The Morgan fingerprint density at radius 3 is 2.54 bits per heavy atom. The number of rotatable bonds is 0. The standard InChI is InChI=1S/C10H14ClNSi/c1-10(2)8-6-4-5-7-9(8)13(3,11)12-10/h4-7,12H,1-3H3. The van der Waals surface area contributed by atoms with E-state index in [1.165, 1.54) is 10.8 Å². The van der Waals surface area contributed by atoms with Crippen molar-refractivity contribution in [2.75, 3.05) is 0 Å². The molecule has 0 radical (unpaired) electrons. The first-order valence-corrected chi connectivity index (χ1v) is 8.03. The van der Waals surface area contributed by atoms with Crippen molar-refractivity contribution >= 4 is 23.8 Å². The van der Waals surface area contributed by atoms with Gasteiger partial charge in [-0.05, 0) is 31.1 Å². The van der Waals surface area contributed by atoms with E-state index in [2.05, 4.69) is 49.6 Å². The maximum Gasteiger partial charge on any atom is 0.255 e. The summed E-state index contributed by atoms with van der Waals surface area (Å²) in [5.74, 6) is 0. The molecular formula is C10H14ClNSi. The number of benzene rings is 1. The van der Waals surface area contributed by atoms with Crippen molar-refractivity contribution in [2.45, 2.75) is 25.9 Å². The highest BCUT2D eigenvalue weighted by molar-refractivity contribution is 7.26. The maximum atomic E-state index is 6.51. The van der Waals surface area contributed by atoms with E-state index < -0.39 is 7.55 Å². The van der Waals surface area contributed by atoms with Crippen LogP contribution in [0.3, 0.4) is 0 Å². The van der Waals surface area contributed by atoms with Crippen molar-refractivity contribution in [3.8, 4) is 0 Å². The SMILES string of the molecule is CC1(C)N[Si](C)(Cl)c2ccccc21. The van der Waals surface area contributed by atoms with Gasteiger partial charge < -0.3 is 4.98 Å². The van der Waals surface area contributed by atoms with Gasteiger partial charge in [0, 0.05) is 5.54 Å². The van der Waals surface area contributed by atoms with E-state index in [1.807, 2.05) is 0 Å². The zero-order valence-electron chi connectivity index (χ0n) is 8.19. The van der Waals surface area contributed by atoms with Crippen molar-refractivity contribution in [1.82, 2.24) is 4.98 Å². The van der Waals surface area contributed by atoms with Gasteiger partial charge in [0.2, 0.25) is 0 Å². The molecule has 0 amide bonds. The molecule has 0 saturated carbocycles. The smallest absolute Gasteiger partial charge is 0.255 e. The fraction of sp³-hybridized carbons (Fsp3) is 0.400. The Balaban J connectivity index is 2.64. The van der Waals surface area contributed by atoms with Crippen molar-refractivity contribution < 1.29 is 0 Å². The van der Waals surface area contributed by atoms with Crippen molar-refractivity contribution in [3.05, 3.63) is 29.8 Å². The molecule has 1 nitrogen and oxygen atoms in total. The molecular weight excluding hydrogens is 198 g/mol. The van der Waals surface area contributed by atoms with E-state index in [-0.39, 0.29) is 5.54 Å². The van der Waals surface area contributed by atoms with Crippen LogP contribution >= 0.6 is 11.1 Å². The molecule has 1 aromatic carbocycles. The van der Waals surface area contributed by atoms with Crippen LogP contribution in [0.4, 0.5) is 0 Å². The van der Waals surface area contributed by atoms with E-state index in [1.54, 1.807) is 0 Å². The summed E-state index contributed by atoms with van der Waals surface area (Å²) < 4.78 is 0. The van der Waals surface area contributed by atoms with Crippen LogP contribution in [0.15, 0.2) is 24.3 Å². The summed E-state index contributed by atoms with van der Waals surface area (Å²) in [4.78, 5) is 3.54. The number of fused-ring (bicyclic) bond motifs is 1. The second kappa shape index (κ2) is 2.59. The van der Waals surface area contributed by atoms with Crippen LogP contribution in [0.5, 0.6) is 0 Å². The lowest BCUT2D eigenvalue weighted by Gasteiger charge is -2.22. The van der Waals surface area contributed by atoms with Gasteiger partial charge in [-0.15, -0.1) is 11.1 Å². The quantitative estimate of drug-likeness (QED) is 0.512. The summed E-state index contributed by atoms with van der Waals surface area (Å²) in [5.41, 5.74) is 1.40. The highest BCUT2D eigenvalue weighted by atomic mass is 35.6. The topological polar surface area (TPSA) is 12.0 Å². The molecule has 3 heteroatoms. The molecule has 1 N–H and O–H groups in total. The summed E-state index contributed by atoms with van der Waals surface area (Å²) in [6, 6.07) is 8.46. The Morgan fingerprint density at radius 1 is 1.31 bits per heavy atom. The van der Waals surface area contributed by atoms with Gasteiger partial charge in [0.05, 0.1) is 0 Å². The zero-order valence-corrected chi connectivity index (χ0v) is 9.94. The third kappa shape index (κ3) is 1.33. The minimum atomic E-state index is -1.87. The van der Waals surface area contributed by atoms with Gasteiger partial charge in [-0.25, -0.2) is 0 Å². The molecule has 1 aliphatic heterocycles. The monoisotopic (exact) mass is 211 g/mol. The molecule has 2 rings (SSSR count). The molecule has 0 spiro atoms. The van der Waals surface area contributed by atoms with E-state index >= 15 is 0 Å². The zero-order chi connectivity index (χ0) is 9.69. The van der Waals surface area contributed by atoms with Crippen LogP contribution in [-0.4, -0.2) is 7.55 Å². The fourth-order valence-electron chi connectivity index (χ4n) is 2.16. The second-order valence-corrected chi connectivity index (χ2v) is 9.36. The Morgan fingerprint density at radius 2 is 1.92 bits per heavy atom. The van der Waals surface area contributed by atoms with Crippen LogP contribution in [0, 0.1) is 0 Å². The average Bonchev–Trinajstić information content (AvgIpc) is 2.20. The molecule has 13 heavy (non-hydrogen) atoms. The number of hydrogen-bond donors (Lipinski definition) is 1. The Kier molecular flexibility index (Phi) is 1.85. The van der Waals surface area contributed by atoms with E-state index in [9.17, 15) is 0 Å². The van der Waals surface area contributed by atoms with Crippen molar-refractivity contribution in [1.29, 1.82) is 0 Å². The Bertz CT molecular complexity index is 314. The minimum Gasteiger partial charge on any atom is -0.313 e. The molecule has 0 bridgehead atoms. The van der Waals surface area contributed by atoms with Crippen LogP contribution in [-0.2, 0) is 5.54 Å². The third-order valence-electron chi connectivity index (χ3n) is 2.65. The number of halogens is 1. The van der Waals surface area contributed by atoms with Crippen LogP contribution in [0.25, 0.3) is 0 Å². The molecule has 1 unspecified atom stereocenters. The number of hydrogen-bond acceptors (Lipinski definition) is 1. The van der Waals surface area contributed by atoms with E-state index in [4.69, 9.17) is 11.1 Å². The highest BCUT2D eigenvalue weighted by Crippen LogP contribution is 2.29. The molecule has 0 aliphatic carbocycles. The van der Waals surface area contributed by atoms with E-state index in [0.29, 0.717) is 0 Å². The van der Waals surface area contributed by atoms with Gasteiger partial charge in [-0.1, -0.05) is 24.3 Å². The summed E-state index contributed by atoms with van der Waals surface area (Å²) in [5, 5.41) is 1.33. The van der Waals surface area contributed by atoms with Crippen LogP contribution < -0.4 is 10.2 Å². The summed E-state index contributed by atoms with van der Waals surface area (Å²) in [7, 11) is -1.87. The van der Waals surface area contributed by atoms with Gasteiger partial charge in [0.15, 0.2) is 0 Å². The Hall–Kier alpha value is -0.313. The lowest BCUT2D eigenvalue weighted by atomic mass is 9.96. The largest absolute Gasteiger partial charge is 0.313 e. The normalized spacial score (nSPS) is 30.2. The highest BCUT2D eigenvalue weighted by Gasteiger charge is 2.44. The van der Waals surface area contributed by atoms with E-state index in [0.717, 1.165) is 0 Å². The summed E-state index contributed by atoms with van der Waals surface area (Å²) in [6.07, 6.45) is 0. The molecule has 0 aromatic heterocycles. The molecule has 0 fully saturated rings. The van der Waals surface area contributed by atoms with Gasteiger partial charge >= 0.3 is 0 Å². The first-order chi connectivity index (χ1) is 5.93. The maximum absolute atomic E-state index is 6.51. The molecule has 0 saturated heterocycles. The lowest BCUT2D eigenvalue weighted by molar-refractivity contribution is 0.510. The van der Waals surface area contributed by atoms with Gasteiger partial charge in [-0.3, -0.25) is 0 Å². The third-order valence-corrected chi connectivity index (χ3v) is 6.09. The lowest BCUT2D eigenvalue weighted by Crippen LogP contribution is -2.50. The molecule has 1 atom stereocenters. The minimum absolute atomic E-state index is 0.0410. The molecule has 70 valence electrons. The fourth-order valence-corrected chi connectivity index (χ4v) is 6.12. The summed E-state index contributed by atoms with van der Waals surface area (Å²) >= 11 is 6.51. The predicted octanol–water partition coefficient (Wildman–Crippen LogP) is 2.04. The average molecular weight is 212 g/mol. The molecule has 1 heterocycles. The van der Waals surface area contributed by atoms with Crippen LogP contribution in [0.1, 0.15) is 19.4 Å². The molecule has 1 aromatic rings. The molecule has 1 aliphatic rings. The first kappa shape index (κ1) is 9.25. The van der Waals surface area contributed by atoms with Crippen molar-refractivity contribution in [3.63, 3.8) is 0 Å². The van der Waals surface area contributed by atoms with Gasteiger partial charge in [0.1, 0.15) is 0 Å². The van der Waals surface area contributed by atoms with Crippen molar-refractivity contribution in [2.24, 2.45) is 0 Å². The Labute approximate surface area is 84.9 Å². The predicted molar refractivity (Wildman–Crippen MR) is 59.7 cm³/mol.